The average Bonchev–Trinajstić information content (AvgIpc) is 2.64. The molecule has 0 fully saturated rings. The molecule has 1 heterocycles. The van der Waals surface area contributed by atoms with E-state index in [1.54, 1.807) is 6.92 Å². The van der Waals surface area contributed by atoms with Crippen molar-refractivity contribution in [3.63, 3.8) is 0 Å². The van der Waals surface area contributed by atoms with E-state index in [4.69, 9.17) is 0 Å². The molecule has 1 aromatic carbocycles. The molecule has 1 atom stereocenters. The first-order valence-corrected chi connectivity index (χ1v) is 5.84. The van der Waals surface area contributed by atoms with E-state index in [0.29, 0.717) is 6.42 Å². The summed E-state index contributed by atoms with van der Waals surface area (Å²) in [6.07, 6.45) is 2.64. The van der Waals surface area contributed by atoms with Crippen molar-refractivity contribution >= 4 is 16.7 Å². The fourth-order valence-electron chi connectivity index (χ4n) is 2.31. The SMILES string of the molecule is CNC(CC(C)=O)c1cn(C)c2ccccc12. The first-order valence-electron chi connectivity index (χ1n) is 5.84. The van der Waals surface area contributed by atoms with Gasteiger partial charge in [-0.25, -0.2) is 0 Å². The van der Waals surface area contributed by atoms with Crippen LogP contribution in [0.15, 0.2) is 30.5 Å². The Bertz CT molecular complexity index is 542. The summed E-state index contributed by atoms with van der Waals surface area (Å²) in [5.41, 5.74) is 2.40. The minimum atomic E-state index is 0.0959. The van der Waals surface area contributed by atoms with E-state index in [-0.39, 0.29) is 11.8 Å². The van der Waals surface area contributed by atoms with Crippen molar-refractivity contribution in [2.75, 3.05) is 7.05 Å². The molecule has 1 unspecified atom stereocenters. The second-order valence-corrected chi connectivity index (χ2v) is 4.46. The molecular weight excluding hydrogens is 212 g/mol. The Hall–Kier alpha value is -1.61. The van der Waals surface area contributed by atoms with Gasteiger partial charge in [0, 0.05) is 36.6 Å². The molecule has 90 valence electrons. The lowest BCUT2D eigenvalue weighted by Crippen LogP contribution is -2.18. The van der Waals surface area contributed by atoms with Gasteiger partial charge < -0.3 is 9.88 Å². The fraction of sp³-hybridized carbons (Fsp3) is 0.357. The molecule has 1 aromatic heterocycles. The van der Waals surface area contributed by atoms with Crippen molar-refractivity contribution in [3.8, 4) is 0 Å². The Morgan fingerprint density at radius 3 is 2.76 bits per heavy atom. The standard InChI is InChI=1S/C14H18N2O/c1-10(17)8-13(15-2)12-9-16(3)14-7-5-4-6-11(12)14/h4-7,9,13,15H,8H2,1-3H3. The number of Topliss-reactive ketones (excluding diaryl/α,β-unsaturated/α-hetero) is 1. The number of aryl methyl sites for hydroxylation is 1. The third kappa shape index (κ3) is 2.24. The van der Waals surface area contributed by atoms with E-state index >= 15 is 0 Å². The molecule has 0 bridgehead atoms. The summed E-state index contributed by atoms with van der Waals surface area (Å²) in [5.74, 6) is 0.206. The van der Waals surface area contributed by atoms with Crippen LogP contribution in [0.4, 0.5) is 0 Å². The molecule has 0 radical (unpaired) electrons. The van der Waals surface area contributed by atoms with Crippen LogP contribution in [0.25, 0.3) is 10.9 Å². The molecule has 1 N–H and O–H groups in total. The Morgan fingerprint density at radius 1 is 1.41 bits per heavy atom. The molecule has 17 heavy (non-hydrogen) atoms. The summed E-state index contributed by atoms with van der Waals surface area (Å²) in [7, 11) is 3.93. The number of rotatable bonds is 4. The molecule has 0 aliphatic rings. The maximum atomic E-state index is 11.3. The van der Waals surface area contributed by atoms with Gasteiger partial charge in [-0.3, -0.25) is 4.79 Å². The highest BCUT2D eigenvalue weighted by Crippen LogP contribution is 2.27. The van der Waals surface area contributed by atoms with Gasteiger partial charge in [0.1, 0.15) is 5.78 Å². The van der Waals surface area contributed by atoms with Gasteiger partial charge in [0.05, 0.1) is 0 Å². The van der Waals surface area contributed by atoms with Crippen molar-refractivity contribution in [3.05, 3.63) is 36.0 Å². The van der Waals surface area contributed by atoms with Crippen molar-refractivity contribution in [2.24, 2.45) is 7.05 Å². The summed E-state index contributed by atoms with van der Waals surface area (Å²) in [4.78, 5) is 11.3. The largest absolute Gasteiger partial charge is 0.350 e. The molecule has 0 amide bonds. The second-order valence-electron chi connectivity index (χ2n) is 4.46. The summed E-state index contributed by atoms with van der Waals surface area (Å²) in [5, 5.41) is 4.44. The topological polar surface area (TPSA) is 34.0 Å². The lowest BCUT2D eigenvalue weighted by atomic mass is 10.0. The molecule has 3 nitrogen and oxygen atoms in total. The van der Waals surface area contributed by atoms with Gasteiger partial charge in [0.15, 0.2) is 0 Å². The molecule has 0 spiro atoms. The zero-order chi connectivity index (χ0) is 12.4. The predicted octanol–water partition coefficient (Wildman–Crippen LogP) is 2.42. The molecule has 0 aliphatic carbocycles. The van der Waals surface area contributed by atoms with Crippen LogP contribution in [0, 0.1) is 0 Å². The van der Waals surface area contributed by atoms with Crippen LogP contribution in [0.1, 0.15) is 24.9 Å². The zero-order valence-corrected chi connectivity index (χ0v) is 10.5. The number of ketones is 1. The molecule has 0 saturated heterocycles. The van der Waals surface area contributed by atoms with Gasteiger partial charge in [-0.15, -0.1) is 0 Å². The summed E-state index contributed by atoms with van der Waals surface area (Å²) >= 11 is 0. The highest BCUT2D eigenvalue weighted by molar-refractivity contribution is 5.85. The number of benzene rings is 1. The van der Waals surface area contributed by atoms with Crippen LogP contribution < -0.4 is 5.32 Å². The first-order chi connectivity index (χ1) is 8.13. The summed E-state index contributed by atoms with van der Waals surface area (Å²) in [6, 6.07) is 8.37. The molecule has 0 aliphatic heterocycles. The van der Waals surface area contributed by atoms with Gasteiger partial charge in [0.2, 0.25) is 0 Å². The number of carbonyl (C=O) groups excluding carboxylic acids is 1. The number of nitrogens with zero attached hydrogens (tertiary/aromatic N) is 1. The van der Waals surface area contributed by atoms with E-state index in [2.05, 4.69) is 28.2 Å². The molecule has 2 aromatic rings. The number of hydrogen-bond acceptors (Lipinski definition) is 2. The monoisotopic (exact) mass is 230 g/mol. The van der Waals surface area contributed by atoms with Crippen molar-refractivity contribution in [1.82, 2.24) is 9.88 Å². The van der Waals surface area contributed by atoms with Crippen molar-refractivity contribution < 1.29 is 4.79 Å². The van der Waals surface area contributed by atoms with E-state index < -0.39 is 0 Å². The lowest BCUT2D eigenvalue weighted by Gasteiger charge is -2.13. The lowest BCUT2D eigenvalue weighted by molar-refractivity contribution is -0.117. The first kappa shape index (κ1) is 11.9. The maximum absolute atomic E-state index is 11.3. The second kappa shape index (κ2) is 4.72. The number of carbonyl (C=O) groups is 1. The van der Waals surface area contributed by atoms with E-state index in [9.17, 15) is 4.79 Å². The number of nitrogens with one attached hydrogen (secondary N) is 1. The highest BCUT2D eigenvalue weighted by atomic mass is 16.1. The highest BCUT2D eigenvalue weighted by Gasteiger charge is 2.16. The normalized spacial score (nSPS) is 12.9. The molecule has 0 saturated carbocycles. The fourth-order valence-corrected chi connectivity index (χ4v) is 2.31. The number of fused-ring (bicyclic) bond motifs is 1. The minimum absolute atomic E-state index is 0.0959. The summed E-state index contributed by atoms with van der Waals surface area (Å²) in [6.45, 7) is 1.63. The Labute approximate surface area is 101 Å². The third-order valence-electron chi connectivity index (χ3n) is 3.14. The average molecular weight is 230 g/mol. The van der Waals surface area contributed by atoms with Gasteiger partial charge in [0.25, 0.3) is 0 Å². The van der Waals surface area contributed by atoms with Crippen LogP contribution in [0.3, 0.4) is 0 Å². The molecular formula is C14H18N2O. The predicted molar refractivity (Wildman–Crippen MR) is 70.0 cm³/mol. The quantitative estimate of drug-likeness (QED) is 0.875. The van der Waals surface area contributed by atoms with Crippen LogP contribution in [-0.2, 0) is 11.8 Å². The van der Waals surface area contributed by atoms with Crippen LogP contribution in [0.5, 0.6) is 0 Å². The van der Waals surface area contributed by atoms with E-state index in [1.807, 2.05) is 26.2 Å². The van der Waals surface area contributed by atoms with Crippen molar-refractivity contribution in [1.29, 1.82) is 0 Å². The number of para-hydroxylation sites is 1. The number of aromatic nitrogens is 1. The zero-order valence-electron chi connectivity index (χ0n) is 10.5. The number of hydrogen-bond donors (Lipinski definition) is 1. The maximum Gasteiger partial charge on any atom is 0.131 e. The van der Waals surface area contributed by atoms with E-state index in [0.717, 1.165) is 0 Å². The van der Waals surface area contributed by atoms with Gasteiger partial charge in [-0.05, 0) is 25.6 Å². The van der Waals surface area contributed by atoms with Gasteiger partial charge >= 0.3 is 0 Å². The van der Waals surface area contributed by atoms with Crippen LogP contribution in [0.2, 0.25) is 0 Å². The molecule has 3 heteroatoms. The van der Waals surface area contributed by atoms with Gasteiger partial charge in [-0.1, -0.05) is 18.2 Å². The smallest absolute Gasteiger partial charge is 0.131 e. The summed E-state index contributed by atoms with van der Waals surface area (Å²) < 4.78 is 2.11. The van der Waals surface area contributed by atoms with Crippen LogP contribution in [-0.4, -0.2) is 17.4 Å². The van der Waals surface area contributed by atoms with Crippen LogP contribution >= 0.6 is 0 Å². The Balaban J connectivity index is 2.50. The Morgan fingerprint density at radius 2 is 2.12 bits per heavy atom. The minimum Gasteiger partial charge on any atom is -0.350 e. The Kier molecular flexibility index (Phi) is 3.29. The van der Waals surface area contributed by atoms with E-state index in [1.165, 1.54) is 16.5 Å². The molecule has 2 rings (SSSR count). The van der Waals surface area contributed by atoms with Gasteiger partial charge in [-0.2, -0.15) is 0 Å². The third-order valence-corrected chi connectivity index (χ3v) is 3.14. The van der Waals surface area contributed by atoms with Crippen molar-refractivity contribution in [2.45, 2.75) is 19.4 Å².